The first-order valence-corrected chi connectivity index (χ1v) is 8.73. The summed E-state index contributed by atoms with van der Waals surface area (Å²) in [6.45, 7) is 1.88. The maximum atomic E-state index is 12.5. The molecule has 1 heterocycles. The van der Waals surface area contributed by atoms with E-state index in [-0.39, 0.29) is 23.5 Å². The quantitative estimate of drug-likeness (QED) is 0.607. The first-order chi connectivity index (χ1) is 11.6. The average Bonchev–Trinajstić information content (AvgIpc) is 2.98. The van der Waals surface area contributed by atoms with Crippen LogP contribution in [0.1, 0.15) is 50.6 Å². The van der Waals surface area contributed by atoms with Crippen LogP contribution in [0.25, 0.3) is 0 Å². The lowest BCUT2D eigenvalue weighted by Crippen LogP contribution is -2.51. The predicted molar refractivity (Wildman–Crippen MR) is 89.2 cm³/mol. The zero-order valence-electron chi connectivity index (χ0n) is 14.0. The zero-order valence-corrected chi connectivity index (χ0v) is 14.0. The summed E-state index contributed by atoms with van der Waals surface area (Å²) >= 11 is 0. The van der Waals surface area contributed by atoms with E-state index in [0.717, 1.165) is 31.2 Å². The van der Waals surface area contributed by atoms with Gasteiger partial charge in [0.1, 0.15) is 12.6 Å². The monoisotopic (exact) mass is 332 g/mol. The van der Waals surface area contributed by atoms with Crippen LogP contribution in [0.3, 0.4) is 0 Å². The Balaban J connectivity index is 1.94. The van der Waals surface area contributed by atoms with Gasteiger partial charge in [0.2, 0.25) is 6.04 Å². The number of cyclic esters (lactones) is 1. The van der Waals surface area contributed by atoms with Crippen molar-refractivity contribution in [1.29, 1.82) is 0 Å². The summed E-state index contributed by atoms with van der Waals surface area (Å²) in [4.78, 5) is 25.4. The minimum Gasteiger partial charge on any atom is -0.447 e. The Hall–Kier alpha value is -2.11. The smallest absolute Gasteiger partial charge is 0.410 e. The molecule has 2 fully saturated rings. The van der Waals surface area contributed by atoms with Gasteiger partial charge in [0.15, 0.2) is 0 Å². The zero-order chi connectivity index (χ0) is 17.1. The van der Waals surface area contributed by atoms with E-state index in [2.05, 4.69) is 0 Å². The fourth-order valence-electron chi connectivity index (χ4n) is 4.15. The van der Waals surface area contributed by atoms with E-state index in [0.29, 0.717) is 0 Å². The molecule has 0 radical (unpaired) electrons. The van der Waals surface area contributed by atoms with E-state index in [9.17, 15) is 14.9 Å². The fourth-order valence-corrected chi connectivity index (χ4v) is 4.15. The highest BCUT2D eigenvalue weighted by Gasteiger charge is 2.48. The molecule has 0 unspecified atom stereocenters. The molecule has 1 aromatic rings. The lowest BCUT2D eigenvalue weighted by atomic mass is 9.80. The number of nitrogens with zero attached hydrogens (tertiary/aromatic N) is 2. The van der Waals surface area contributed by atoms with Gasteiger partial charge in [-0.3, -0.25) is 15.0 Å². The second-order valence-electron chi connectivity index (χ2n) is 6.83. The highest BCUT2D eigenvalue weighted by atomic mass is 16.6. The predicted octanol–water partition coefficient (Wildman–Crippen LogP) is 3.79. The molecule has 1 aliphatic heterocycles. The molecule has 6 heteroatoms. The van der Waals surface area contributed by atoms with Crippen LogP contribution >= 0.6 is 0 Å². The number of hydrogen-bond acceptors (Lipinski definition) is 4. The van der Waals surface area contributed by atoms with Crippen molar-refractivity contribution in [1.82, 2.24) is 4.90 Å². The molecule has 0 N–H and O–H groups in total. The van der Waals surface area contributed by atoms with Crippen LogP contribution in [0.4, 0.5) is 4.79 Å². The third-order valence-electron chi connectivity index (χ3n) is 5.38. The number of nitro groups is 1. The highest BCUT2D eigenvalue weighted by Crippen LogP contribution is 2.38. The van der Waals surface area contributed by atoms with Crippen molar-refractivity contribution in [2.75, 3.05) is 6.61 Å². The average molecular weight is 332 g/mol. The van der Waals surface area contributed by atoms with Crippen LogP contribution < -0.4 is 0 Å². The molecular weight excluding hydrogens is 308 g/mol. The number of benzene rings is 1. The Morgan fingerprint density at radius 3 is 2.50 bits per heavy atom. The van der Waals surface area contributed by atoms with Crippen molar-refractivity contribution >= 4 is 6.09 Å². The molecule has 1 aliphatic carbocycles. The molecule has 0 aromatic heterocycles. The van der Waals surface area contributed by atoms with Crippen LogP contribution in [0.2, 0.25) is 0 Å². The van der Waals surface area contributed by atoms with Crippen molar-refractivity contribution in [3.05, 3.63) is 46.0 Å². The molecular formula is C18H24N2O4. The van der Waals surface area contributed by atoms with Crippen LogP contribution in [0, 0.1) is 16.0 Å². The van der Waals surface area contributed by atoms with E-state index in [4.69, 9.17) is 4.74 Å². The van der Waals surface area contributed by atoms with Gasteiger partial charge in [0.05, 0.1) is 6.04 Å². The van der Waals surface area contributed by atoms with Crippen molar-refractivity contribution in [3.63, 3.8) is 0 Å². The second kappa shape index (κ2) is 7.20. The number of ether oxygens (including phenoxy) is 1. The Morgan fingerprint density at radius 1 is 1.21 bits per heavy atom. The minimum absolute atomic E-state index is 0.163. The summed E-state index contributed by atoms with van der Waals surface area (Å²) in [6.07, 6.45) is 4.77. The molecule has 0 bridgehead atoms. The molecule has 6 nitrogen and oxygen atoms in total. The Morgan fingerprint density at radius 2 is 1.88 bits per heavy atom. The van der Waals surface area contributed by atoms with E-state index in [1.54, 1.807) is 11.8 Å². The van der Waals surface area contributed by atoms with Gasteiger partial charge in [0, 0.05) is 11.8 Å². The van der Waals surface area contributed by atoms with E-state index < -0.39 is 18.2 Å². The van der Waals surface area contributed by atoms with Crippen LogP contribution in [0.15, 0.2) is 30.3 Å². The molecule has 2 aliphatic rings. The Kier molecular flexibility index (Phi) is 5.02. The van der Waals surface area contributed by atoms with Crippen LogP contribution in [-0.4, -0.2) is 34.6 Å². The molecule has 1 saturated carbocycles. The van der Waals surface area contributed by atoms with Gasteiger partial charge in [-0.05, 0) is 24.3 Å². The number of amides is 1. The third kappa shape index (κ3) is 3.23. The minimum atomic E-state index is -0.801. The van der Waals surface area contributed by atoms with Gasteiger partial charge in [-0.1, -0.05) is 49.6 Å². The van der Waals surface area contributed by atoms with Crippen LogP contribution in [-0.2, 0) is 4.74 Å². The molecule has 1 aromatic carbocycles. The largest absolute Gasteiger partial charge is 0.447 e. The molecule has 3 rings (SSSR count). The van der Waals surface area contributed by atoms with E-state index in [1.807, 2.05) is 30.3 Å². The van der Waals surface area contributed by atoms with Crippen molar-refractivity contribution in [2.24, 2.45) is 5.92 Å². The van der Waals surface area contributed by atoms with Gasteiger partial charge in [-0.25, -0.2) is 4.79 Å². The highest BCUT2D eigenvalue weighted by molar-refractivity contribution is 5.71. The van der Waals surface area contributed by atoms with Crippen molar-refractivity contribution in [2.45, 2.75) is 57.2 Å². The SMILES string of the molecule is C[C@H]([C@H](C1CCCCC1)N1C(=O)OC[C@H]1c1ccccc1)[N+](=O)[O-]. The summed E-state index contributed by atoms with van der Waals surface area (Å²) in [5.74, 6) is 0.163. The van der Waals surface area contributed by atoms with Gasteiger partial charge in [-0.15, -0.1) is 0 Å². The number of rotatable bonds is 5. The van der Waals surface area contributed by atoms with E-state index >= 15 is 0 Å². The molecule has 1 saturated heterocycles. The maximum Gasteiger partial charge on any atom is 0.410 e. The Labute approximate surface area is 141 Å². The number of carbonyl (C=O) groups is 1. The van der Waals surface area contributed by atoms with Crippen LogP contribution in [0.5, 0.6) is 0 Å². The van der Waals surface area contributed by atoms with E-state index in [1.165, 1.54) is 6.42 Å². The summed E-state index contributed by atoms with van der Waals surface area (Å²) in [5.41, 5.74) is 0.972. The lowest BCUT2D eigenvalue weighted by molar-refractivity contribution is -0.527. The van der Waals surface area contributed by atoms with Gasteiger partial charge >= 0.3 is 6.09 Å². The van der Waals surface area contributed by atoms with Gasteiger partial charge in [-0.2, -0.15) is 0 Å². The second-order valence-corrected chi connectivity index (χ2v) is 6.83. The summed E-state index contributed by atoms with van der Waals surface area (Å²) in [7, 11) is 0. The summed E-state index contributed by atoms with van der Waals surface area (Å²) < 4.78 is 5.30. The number of carbonyl (C=O) groups excluding carboxylic acids is 1. The number of hydrogen-bond donors (Lipinski definition) is 0. The first kappa shape index (κ1) is 16.7. The Bertz CT molecular complexity index is 586. The lowest BCUT2D eigenvalue weighted by Gasteiger charge is -2.38. The molecule has 3 atom stereocenters. The standard InChI is InChI=1S/C18H24N2O4/c1-13(20(22)23)17(15-10-6-3-7-11-15)19-16(12-24-18(19)21)14-8-4-2-5-9-14/h2,4-5,8-9,13,15-17H,3,6-7,10-12H2,1H3/t13-,16+,17-/m1/s1. The normalized spacial score (nSPS) is 24.5. The molecule has 24 heavy (non-hydrogen) atoms. The summed E-state index contributed by atoms with van der Waals surface area (Å²) in [6, 6.07) is 8.21. The van der Waals surface area contributed by atoms with Gasteiger partial charge in [0.25, 0.3) is 0 Å². The fraction of sp³-hybridized carbons (Fsp3) is 0.611. The molecule has 130 valence electrons. The maximum absolute atomic E-state index is 12.5. The first-order valence-electron chi connectivity index (χ1n) is 8.73. The third-order valence-corrected chi connectivity index (χ3v) is 5.38. The van der Waals surface area contributed by atoms with Crippen molar-refractivity contribution in [3.8, 4) is 0 Å². The topological polar surface area (TPSA) is 72.7 Å². The summed E-state index contributed by atoms with van der Waals surface area (Å²) in [5, 5.41) is 11.5. The molecule has 1 amide bonds. The van der Waals surface area contributed by atoms with Gasteiger partial charge < -0.3 is 4.74 Å². The van der Waals surface area contributed by atoms with Crippen molar-refractivity contribution < 1.29 is 14.5 Å². The molecule has 0 spiro atoms.